The number of nitrogens with one attached hydrogen (secondary N) is 1. The Morgan fingerprint density at radius 3 is 2.60 bits per heavy atom. The van der Waals surface area contributed by atoms with Crippen LogP contribution in [0.3, 0.4) is 0 Å². The largest absolute Gasteiger partial charge is 0.394 e. The molecular formula is C11H8ClF2N3O2S. The second kappa shape index (κ2) is 5.22. The maximum absolute atomic E-state index is 13.7. The van der Waals surface area contributed by atoms with Crippen molar-refractivity contribution in [3.05, 3.63) is 47.1 Å². The number of nitrogens with zero attached hydrogens (tertiary/aromatic N) is 1. The molecule has 0 aliphatic rings. The van der Waals surface area contributed by atoms with Crippen molar-refractivity contribution in [2.75, 3.05) is 10.5 Å². The van der Waals surface area contributed by atoms with Gasteiger partial charge in [-0.05, 0) is 24.3 Å². The molecule has 3 N–H and O–H groups in total. The number of hydrogen-bond donors (Lipinski definition) is 2. The Kier molecular flexibility index (Phi) is 3.78. The molecule has 0 fully saturated rings. The van der Waals surface area contributed by atoms with Crippen LogP contribution < -0.4 is 10.5 Å². The SMILES string of the molecule is Nc1c(F)ccc(S(=O)(=O)Nc2ncccc2Cl)c1F. The Morgan fingerprint density at radius 1 is 1.25 bits per heavy atom. The van der Waals surface area contributed by atoms with E-state index >= 15 is 0 Å². The average Bonchev–Trinajstić information content (AvgIpc) is 2.38. The number of pyridine rings is 1. The molecule has 0 unspecified atom stereocenters. The van der Waals surface area contributed by atoms with E-state index in [1.54, 1.807) is 0 Å². The van der Waals surface area contributed by atoms with Crippen LogP contribution >= 0.6 is 11.6 Å². The van der Waals surface area contributed by atoms with Gasteiger partial charge in [-0.15, -0.1) is 0 Å². The molecule has 0 saturated heterocycles. The molecule has 9 heteroatoms. The third kappa shape index (κ3) is 2.66. The molecule has 0 saturated carbocycles. The zero-order valence-electron chi connectivity index (χ0n) is 9.77. The molecule has 2 aromatic rings. The quantitative estimate of drug-likeness (QED) is 0.851. The first-order valence-electron chi connectivity index (χ1n) is 5.20. The van der Waals surface area contributed by atoms with Gasteiger partial charge in [0.05, 0.1) is 5.02 Å². The number of sulfonamides is 1. The summed E-state index contributed by atoms with van der Waals surface area (Å²) in [5.41, 5.74) is 4.24. The average molecular weight is 320 g/mol. The Balaban J connectivity index is 2.47. The molecule has 2 rings (SSSR count). The summed E-state index contributed by atoms with van der Waals surface area (Å²) in [4.78, 5) is 2.92. The van der Waals surface area contributed by atoms with Crippen molar-refractivity contribution in [3.8, 4) is 0 Å². The van der Waals surface area contributed by atoms with E-state index < -0.39 is 32.2 Å². The van der Waals surface area contributed by atoms with Crippen molar-refractivity contribution < 1.29 is 17.2 Å². The van der Waals surface area contributed by atoms with E-state index in [1.165, 1.54) is 18.3 Å². The predicted molar refractivity (Wildman–Crippen MR) is 70.8 cm³/mol. The monoisotopic (exact) mass is 319 g/mol. The fraction of sp³-hybridized carbons (Fsp3) is 0. The number of halogens is 3. The minimum Gasteiger partial charge on any atom is -0.394 e. The molecule has 0 spiro atoms. The van der Waals surface area contributed by atoms with Crippen LogP contribution in [0.5, 0.6) is 0 Å². The number of rotatable bonds is 3. The second-order valence-electron chi connectivity index (χ2n) is 3.71. The van der Waals surface area contributed by atoms with Crippen LogP contribution in [0.25, 0.3) is 0 Å². The van der Waals surface area contributed by atoms with Crippen molar-refractivity contribution in [1.82, 2.24) is 4.98 Å². The van der Waals surface area contributed by atoms with Gasteiger partial charge in [0.15, 0.2) is 11.6 Å². The Labute approximate surface area is 118 Å². The van der Waals surface area contributed by atoms with E-state index in [0.717, 1.165) is 12.1 Å². The molecule has 20 heavy (non-hydrogen) atoms. The molecule has 0 aliphatic carbocycles. The molecule has 5 nitrogen and oxygen atoms in total. The van der Waals surface area contributed by atoms with Crippen LogP contribution in [-0.4, -0.2) is 13.4 Å². The van der Waals surface area contributed by atoms with Gasteiger partial charge in [0.2, 0.25) is 0 Å². The highest BCUT2D eigenvalue weighted by molar-refractivity contribution is 7.92. The molecule has 1 aromatic carbocycles. The van der Waals surface area contributed by atoms with Crippen molar-refractivity contribution in [3.63, 3.8) is 0 Å². The molecular weight excluding hydrogens is 312 g/mol. The zero-order valence-corrected chi connectivity index (χ0v) is 11.3. The molecule has 0 aliphatic heterocycles. The summed E-state index contributed by atoms with van der Waals surface area (Å²) in [6.07, 6.45) is 1.30. The molecule has 106 valence electrons. The van der Waals surface area contributed by atoms with Gasteiger partial charge in [-0.1, -0.05) is 11.6 Å². The van der Waals surface area contributed by atoms with Gasteiger partial charge >= 0.3 is 0 Å². The number of benzene rings is 1. The van der Waals surface area contributed by atoms with Gasteiger partial charge in [0.1, 0.15) is 16.4 Å². The van der Waals surface area contributed by atoms with Crippen molar-refractivity contribution in [2.24, 2.45) is 0 Å². The Bertz CT molecular complexity index is 768. The normalized spacial score (nSPS) is 11.3. The summed E-state index contributed by atoms with van der Waals surface area (Å²) < 4.78 is 52.8. The highest BCUT2D eigenvalue weighted by atomic mass is 35.5. The van der Waals surface area contributed by atoms with E-state index in [1.807, 2.05) is 4.72 Å². The first-order chi connectivity index (χ1) is 9.33. The van der Waals surface area contributed by atoms with Gasteiger partial charge in [0.25, 0.3) is 10.0 Å². The van der Waals surface area contributed by atoms with Crippen LogP contribution in [0, 0.1) is 11.6 Å². The summed E-state index contributed by atoms with van der Waals surface area (Å²) in [7, 11) is -4.32. The van der Waals surface area contributed by atoms with Crippen LogP contribution in [0.2, 0.25) is 5.02 Å². The second-order valence-corrected chi connectivity index (χ2v) is 5.77. The smallest absolute Gasteiger partial charge is 0.266 e. The third-order valence-corrected chi connectivity index (χ3v) is 4.03. The summed E-state index contributed by atoms with van der Waals surface area (Å²) in [5.74, 6) is -2.58. The zero-order chi connectivity index (χ0) is 14.9. The molecule has 1 aromatic heterocycles. The molecule has 0 atom stereocenters. The van der Waals surface area contributed by atoms with Gasteiger partial charge in [-0.3, -0.25) is 4.72 Å². The first-order valence-corrected chi connectivity index (χ1v) is 7.06. The van der Waals surface area contributed by atoms with Crippen LogP contribution in [0.15, 0.2) is 35.4 Å². The lowest BCUT2D eigenvalue weighted by atomic mass is 10.3. The number of hydrogen-bond acceptors (Lipinski definition) is 4. The minimum absolute atomic E-state index is 0.0339. The number of aromatic nitrogens is 1. The standard InChI is InChI=1S/C11H8ClF2N3O2S/c12-6-2-1-5-16-11(6)17-20(18,19)8-4-3-7(13)10(15)9(8)14/h1-5H,15H2,(H,16,17). The van der Waals surface area contributed by atoms with Gasteiger partial charge < -0.3 is 5.73 Å². The summed E-state index contributed by atoms with van der Waals surface area (Å²) >= 11 is 5.75. The van der Waals surface area contributed by atoms with E-state index in [2.05, 4.69) is 4.98 Å². The molecule has 0 bridgehead atoms. The maximum Gasteiger partial charge on any atom is 0.266 e. The highest BCUT2D eigenvalue weighted by Crippen LogP contribution is 2.26. The molecule has 1 heterocycles. The van der Waals surface area contributed by atoms with Gasteiger partial charge in [-0.25, -0.2) is 22.2 Å². The predicted octanol–water partition coefficient (Wildman–Crippen LogP) is 2.40. The van der Waals surface area contributed by atoms with Crippen LogP contribution in [-0.2, 0) is 10.0 Å². The minimum atomic E-state index is -4.32. The lowest BCUT2D eigenvalue weighted by Crippen LogP contribution is -2.17. The van der Waals surface area contributed by atoms with E-state index in [-0.39, 0.29) is 10.8 Å². The number of anilines is 2. The highest BCUT2D eigenvalue weighted by Gasteiger charge is 2.23. The summed E-state index contributed by atoms with van der Waals surface area (Å²) in [6.45, 7) is 0. The Hall–Kier alpha value is -1.93. The summed E-state index contributed by atoms with van der Waals surface area (Å²) in [5, 5.41) is 0.0339. The summed E-state index contributed by atoms with van der Waals surface area (Å²) in [6, 6.07) is 4.42. The van der Waals surface area contributed by atoms with E-state index in [0.29, 0.717) is 0 Å². The van der Waals surface area contributed by atoms with Crippen LogP contribution in [0.1, 0.15) is 0 Å². The molecule has 0 amide bonds. The van der Waals surface area contributed by atoms with Gasteiger partial charge in [-0.2, -0.15) is 0 Å². The van der Waals surface area contributed by atoms with Crippen LogP contribution in [0.4, 0.5) is 20.3 Å². The van der Waals surface area contributed by atoms with Crippen molar-refractivity contribution in [2.45, 2.75) is 4.90 Å². The fourth-order valence-corrected chi connectivity index (χ4v) is 2.74. The van der Waals surface area contributed by atoms with Gasteiger partial charge in [0, 0.05) is 6.20 Å². The topological polar surface area (TPSA) is 85.1 Å². The van der Waals surface area contributed by atoms with Crippen molar-refractivity contribution >= 4 is 33.1 Å². The number of nitrogen functional groups attached to an aromatic ring is 1. The maximum atomic E-state index is 13.7. The van der Waals surface area contributed by atoms with E-state index in [9.17, 15) is 17.2 Å². The van der Waals surface area contributed by atoms with Crippen molar-refractivity contribution in [1.29, 1.82) is 0 Å². The molecule has 0 radical (unpaired) electrons. The first kappa shape index (κ1) is 14.5. The lowest BCUT2D eigenvalue weighted by molar-refractivity contribution is 0.557. The van der Waals surface area contributed by atoms with E-state index in [4.69, 9.17) is 17.3 Å². The third-order valence-electron chi connectivity index (χ3n) is 2.37. The Morgan fingerprint density at radius 2 is 1.95 bits per heavy atom. The fourth-order valence-electron chi connectivity index (χ4n) is 1.40. The number of nitrogens with two attached hydrogens (primary N) is 1. The lowest BCUT2D eigenvalue weighted by Gasteiger charge is -2.10.